The average Bonchev–Trinajstić information content (AvgIpc) is 3.19. The first-order valence-corrected chi connectivity index (χ1v) is 10.2. The van der Waals surface area contributed by atoms with Gasteiger partial charge in [-0.15, -0.1) is 0 Å². The average molecular weight is 443 g/mol. The molecule has 8 nitrogen and oxygen atoms in total. The van der Waals surface area contributed by atoms with Crippen molar-refractivity contribution in [2.24, 2.45) is 0 Å². The Bertz CT molecular complexity index is 1360. The Morgan fingerprint density at radius 3 is 2.67 bits per heavy atom. The maximum atomic E-state index is 11.7. The van der Waals surface area contributed by atoms with Crippen LogP contribution in [0.1, 0.15) is 16.7 Å². The van der Waals surface area contributed by atoms with Crippen molar-refractivity contribution >= 4 is 28.8 Å². The van der Waals surface area contributed by atoms with Gasteiger partial charge in [-0.05, 0) is 36.3 Å². The van der Waals surface area contributed by atoms with Crippen molar-refractivity contribution in [3.05, 3.63) is 99.9 Å². The Morgan fingerprint density at radius 2 is 1.97 bits per heavy atom. The van der Waals surface area contributed by atoms with Crippen LogP contribution in [-0.2, 0) is 16.1 Å². The summed E-state index contributed by atoms with van der Waals surface area (Å²) in [6, 6.07) is 16.3. The number of aryl methyl sites for hydroxylation is 1. The number of hydrogen-bond acceptors (Lipinski definition) is 6. The number of aromatic nitrogens is 2. The van der Waals surface area contributed by atoms with E-state index in [1.165, 1.54) is 25.3 Å². The van der Waals surface area contributed by atoms with Gasteiger partial charge < -0.3 is 14.0 Å². The van der Waals surface area contributed by atoms with Gasteiger partial charge >= 0.3 is 5.97 Å². The summed E-state index contributed by atoms with van der Waals surface area (Å²) in [4.78, 5) is 26.9. The smallest absolute Gasteiger partial charge is 0.330 e. The molecule has 0 radical (unpaired) electrons. The second kappa shape index (κ2) is 9.35. The summed E-state index contributed by atoms with van der Waals surface area (Å²) in [7, 11) is 1.31. The predicted octanol–water partition coefficient (Wildman–Crippen LogP) is 5.01. The van der Waals surface area contributed by atoms with Gasteiger partial charge in [0.05, 0.1) is 23.9 Å². The molecule has 2 aromatic heterocycles. The predicted molar refractivity (Wildman–Crippen MR) is 124 cm³/mol. The number of non-ortho nitro benzene ring substituents is 1. The minimum atomic E-state index is -0.480. The summed E-state index contributed by atoms with van der Waals surface area (Å²) in [5, 5.41) is 11.9. The lowest BCUT2D eigenvalue weighted by molar-refractivity contribution is -0.384. The van der Waals surface area contributed by atoms with Crippen molar-refractivity contribution in [3.63, 3.8) is 0 Å². The summed E-state index contributed by atoms with van der Waals surface area (Å²) in [5.74, 6) is 0.101. The van der Waals surface area contributed by atoms with Crippen molar-refractivity contribution in [3.8, 4) is 11.4 Å². The summed E-state index contributed by atoms with van der Waals surface area (Å²) in [5.41, 5.74) is 3.87. The first kappa shape index (κ1) is 21.8. The molecule has 2 heterocycles. The van der Waals surface area contributed by atoms with E-state index < -0.39 is 10.9 Å². The summed E-state index contributed by atoms with van der Waals surface area (Å²) in [6.45, 7) is 2.19. The highest BCUT2D eigenvalue weighted by Gasteiger charge is 2.15. The largest absolute Gasteiger partial charge is 0.487 e. The number of carbonyl (C=O) groups is 1. The standard InChI is InChI=1S/C25H21N3O5/c1-17-12-20(28(30)31)9-10-23(17)27-15-19(8-11-24(29)32-2)22-13-21(14-26-25(22)27)33-16-18-6-4-3-5-7-18/h3-15H,16H2,1-2H3. The number of nitro benzene ring substituents is 1. The maximum Gasteiger partial charge on any atom is 0.330 e. The van der Waals surface area contributed by atoms with Gasteiger partial charge in [0.1, 0.15) is 18.0 Å². The molecule has 0 amide bonds. The van der Waals surface area contributed by atoms with Gasteiger partial charge in [-0.25, -0.2) is 9.78 Å². The van der Waals surface area contributed by atoms with Gasteiger partial charge in [0.2, 0.25) is 0 Å². The zero-order valence-corrected chi connectivity index (χ0v) is 18.1. The van der Waals surface area contributed by atoms with Crippen LogP contribution in [0.2, 0.25) is 0 Å². The quantitative estimate of drug-likeness (QED) is 0.172. The van der Waals surface area contributed by atoms with Crippen LogP contribution in [0.3, 0.4) is 0 Å². The molecule has 0 N–H and O–H groups in total. The number of fused-ring (bicyclic) bond motifs is 1. The van der Waals surface area contributed by atoms with Crippen molar-refractivity contribution in [1.82, 2.24) is 9.55 Å². The van der Waals surface area contributed by atoms with Gasteiger partial charge in [-0.1, -0.05) is 30.3 Å². The van der Waals surface area contributed by atoms with E-state index >= 15 is 0 Å². The highest BCUT2D eigenvalue weighted by molar-refractivity contribution is 5.94. The Labute approximate surface area is 189 Å². The van der Waals surface area contributed by atoms with Crippen LogP contribution in [0.15, 0.2) is 73.1 Å². The number of esters is 1. The van der Waals surface area contributed by atoms with Crippen LogP contribution in [0, 0.1) is 17.0 Å². The number of hydrogen-bond donors (Lipinski definition) is 0. The molecule has 0 unspecified atom stereocenters. The van der Waals surface area contributed by atoms with Crippen LogP contribution in [0.5, 0.6) is 5.75 Å². The lowest BCUT2D eigenvalue weighted by atomic mass is 10.2. The van der Waals surface area contributed by atoms with Crippen LogP contribution >= 0.6 is 0 Å². The molecule has 8 heteroatoms. The van der Waals surface area contributed by atoms with Crippen molar-refractivity contribution in [2.45, 2.75) is 13.5 Å². The normalized spacial score (nSPS) is 11.1. The molecule has 0 bridgehead atoms. The van der Waals surface area contributed by atoms with Crippen molar-refractivity contribution in [2.75, 3.05) is 7.11 Å². The van der Waals surface area contributed by atoms with Gasteiger partial charge in [0.25, 0.3) is 5.69 Å². The summed E-state index contributed by atoms with van der Waals surface area (Å²) in [6.07, 6.45) is 6.44. The van der Waals surface area contributed by atoms with Crippen LogP contribution in [0.4, 0.5) is 5.69 Å². The SMILES string of the molecule is COC(=O)C=Cc1cn(-c2ccc([N+](=O)[O-])cc2C)c2ncc(OCc3ccccc3)cc12. The Hall–Kier alpha value is -4.46. The number of methoxy groups -OCH3 is 1. The van der Waals surface area contributed by atoms with Gasteiger partial charge in [-0.3, -0.25) is 10.1 Å². The third kappa shape index (κ3) is 4.74. The molecule has 166 valence electrons. The third-order valence-electron chi connectivity index (χ3n) is 5.15. The number of pyridine rings is 1. The third-order valence-corrected chi connectivity index (χ3v) is 5.15. The molecular weight excluding hydrogens is 422 g/mol. The highest BCUT2D eigenvalue weighted by atomic mass is 16.6. The Kier molecular flexibility index (Phi) is 6.17. The molecule has 0 aliphatic carbocycles. The lowest BCUT2D eigenvalue weighted by Gasteiger charge is -2.09. The molecule has 4 aromatic rings. The van der Waals surface area contributed by atoms with E-state index in [9.17, 15) is 14.9 Å². The fraction of sp³-hybridized carbons (Fsp3) is 0.120. The second-order valence-electron chi connectivity index (χ2n) is 7.36. The van der Waals surface area contributed by atoms with Crippen LogP contribution in [0.25, 0.3) is 22.8 Å². The first-order valence-electron chi connectivity index (χ1n) is 10.2. The van der Waals surface area contributed by atoms with Crippen LogP contribution in [-0.4, -0.2) is 27.6 Å². The van der Waals surface area contributed by atoms with E-state index in [1.807, 2.05) is 47.2 Å². The molecule has 0 aliphatic rings. The Morgan fingerprint density at radius 1 is 1.18 bits per heavy atom. The minimum Gasteiger partial charge on any atom is -0.487 e. The lowest BCUT2D eigenvalue weighted by Crippen LogP contribution is -1.99. The van der Waals surface area contributed by atoms with Gasteiger partial charge in [0.15, 0.2) is 0 Å². The van der Waals surface area contributed by atoms with E-state index in [4.69, 9.17) is 9.47 Å². The van der Waals surface area contributed by atoms with Crippen molar-refractivity contribution < 1.29 is 19.2 Å². The second-order valence-corrected chi connectivity index (χ2v) is 7.36. The maximum absolute atomic E-state index is 11.7. The zero-order valence-electron chi connectivity index (χ0n) is 18.1. The molecule has 0 aliphatic heterocycles. The number of nitro groups is 1. The summed E-state index contributed by atoms with van der Waals surface area (Å²) >= 11 is 0. The number of ether oxygens (including phenoxy) is 2. The fourth-order valence-electron chi connectivity index (χ4n) is 3.50. The molecule has 0 atom stereocenters. The zero-order chi connectivity index (χ0) is 23.4. The minimum absolute atomic E-state index is 0.0167. The van der Waals surface area contributed by atoms with Crippen molar-refractivity contribution in [1.29, 1.82) is 0 Å². The fourth-order valence-corrected chi connectivity index (χ4v) is 3.50. The van der Waals surface area contributed by atoms with E-state index in [-0.39, 0.29) is 5.69 Å². The number of carbonyl (C=O) groups excluding carboxylic acids is 1. The van der Waals surface area contributed by atoms with E-state index in [0.717, 1.165) is 27.8 Å². The summed E-state index contributed by atoms with van der Waals surface area (Å²) < 4.78 is 12.5. The first-order chi connectivity index (χ1) is 16.0. The number of rotatable bonds is 7. The topological polar surface area (TPSA) is 96.5 Å². The monoisotopic (exact) mass is 443 g/mol. The number of nitrogens with zero attached hydrogens (tertiary/aromatic N) is 3. The Balaban J connectivity index is 1.77. The number of benzene rings is 2. The molecule has 33 heavy (non-hydrogen) atoms. The van der Waals surface area contributed by atoms with Crippen LogP contribution < -0.4 is 4.74 Å². The molecule has 4 rings (SSSR count). The van der Waals surface area contributed by atoms with E-state index in [1.54, 1.807) is 25.3 Å². The molecule has 2 aromatic carbocycles. The molecule has 0 spiro atoms. The highest BCUT2D eigenvalue weighted by Crippen LogP contribution is 2.30. The van der Waals surface area contributed by atoms with E-state index in [0.29, 0.717) is 18.0 Å². The molecule has 0 saturated carbocycles. The van der Waals surface area contributed by atoms with Gasteiger partial charge in [0, 0.05) is 35.4 Å². The molecular formula is C25H21N3O5. The molecule has 0 saturated heterocycles. The molecule has 0 fully saturated rings. The van der Waals surface area contributed by atoms with Gasteiger partial charge in [-0.2, -0.15) is 0 Å². The van der Waals surface area contributed by atoms with E-state index in [2.05, 4.69) is 4.98 Å².